The van der Waals surface area contributed by atoms with Crippen LogP contribution in [0.25, 0.3) is 63.6 Å². The van der Waals surface area contributed by atoms with Crippen LogP contribution in [0.2, 0.25) is 0 Å². The number of fused-ring (bicyclic) bond motifs is 3. The molecule has 0 radical (unpaired) electrons. The lowest BCUT2D eigenvalue weighted by molar-refractivity contribution is 1.26. The molecule has 208 valence electrons. The number of thiophene rings is 1. The Morgan fingerprint density at radius 3 is 2.00 bits per heavy atom. The first-order valence-electron chi connectivity index (χ1n) is 15.2. The van der Waals surface area contributed by atoms with E-state index in [2.05, 4.69) is 158 Å². The Kier molecular flexibility index (Phi) is 5.57. The van der Waals surface area contributed by atoms with Crippen molar-refractivity contribution in [3.63, 3.8) is 0 Å². The summed E-state index contributed by atoms with van der Waals surface area (Å²) in [6.07, 6.45) is 0. The minimum absolute atomic E-state index is 1.15. The van der Waals surface area contributed by atoms with Gasteiger partial charge in [0.15, 0.2) is 0 Å². The molecule has 0 N–H and O–H groups in total. The van der Waals surface area contributed by atoms with Crippen molar-refractivity contribution in [1.29, 1.82) is 0 Å². The molecule has 44 heavy (non-hydrogen) atoms. The van der Waals surface area contributed by atoms with Crippen LogP contribution in [-0.2, 0) is 0 Å². The molecule has 0 aliphatic heterocycles. The van der Waals surface area contributed by atoms with E-state index < -0.39 is 0 Å². The average molecular weight is 580 g/mol. The highest BCUT2D eigenvalue weighted by Gasteiger charge is 2.20. The zero-order valence-electron chi connectivity index (χ0n) is 24.6. The maximum atomic E-state index is 2.46. The monoisotopic (exact) mass is 579 g/mol. The Labute approximate surface area is 260 Å². The van der Waals surface area contributed by atoms with Crippen LogP contribution in [0.5, 0.6) is 0 Å². The van der Waals surface area contributed by atoms with Crippen molar-refractivity contribution in [2.24, 2.45) is 0 Å². The summed E-state index contributed by atoms with van der Waals surface area (Å²) in [5.41, 5.74) is 8.55. The molecule has 1 heterocycles. The molecular weight excluding hydrogens is 551 g/mol. The lowest BCUT2D eigenvalue weighted by Crippen LogP contribution is -2.11. The second-order valence-corrected chi connectivity index (χ2v) is 13.0. The molecule has 0 aliphatic rings. The molecular formula is C42H29NS. The van der Waals surface area contributed by atoms with Gasteiger partial charge in [-0.1, -0.05) is 103 Å². The number of benzene rings is 8. The summed E-state index contributed by atoms with van der Waals surface area (Å²) in [5.74, 6) is 0. The highest BCUT2D eigenvalue weighted by Crippen LogP contribution is 2.46. The molecule has 0 spiro atoms. The van der Waals surface area contributed by atoms with Gasteiger partial charge >= 0.3 is 0 Å². The highest BCUT2D eigenvalue weighted by molar-refractivity contribution is 7.26. The molecule has 0 bridgehead atoms. The van der Waals surface area contributed by atoms with E-state index in [-0.39, 0.29) is 0 Å². The molecule has 2 heteroatoms. The van der Waals surface area contributed by atoms with Crippen LogP contribution in [-0.4, -0.2) is 0 Å². The van der Waals surface area contributed by atoms with E-state index >= 15 is 0 Å². The maximum absolute atomic E-state index is 2.46. The fourth-order valence-corrected chi connectivity index (χ4v) is 8.45. The standard InChI is InChI=1S/C42H29NS/c1-26-22-27(2)24-33(23-26)43(38-21-19-30-17-16-28-8-5-9-29-18-20-37(38)41(30)40(28)29)32-11-6-10-31(25-32)34-13-7-14-36-35-12-3-4-15-39(35)44-42(34)36/h3-25H,1-2H3. The van der Waals surface area contributed by atoms with Crippen LogP contribution < -0.4 is 4.90 Å². The van der Waals surface area contributed by atoms with Gasteiger partial charge in [-0.2, -0.15) is 0 Å². The van der Waals surface area contributed by atoms with Crippen molar-refractivity contribution in [2.45, 2.75) is 13.8 Å². The van der Waals surface area contributed by atoms with E-state index in [0.29, 0.717) is 0 Å². The van der Waals surface area contributed by atoms with Crippen LogP contribution in [0.1, 0.15) is 11.1 Å². The Morgan fingerprint density at radius 2 is 1.16 bits per heavy atom. The molecule has 0 unspecified atom stereocenters. The Balaban J connectivity index is 1.31. The number of hydrogen-bond acceptors (Lipinski definition) is 2. The Hall–Kier alpha value is -5.18. The van der Waals surface area contributed by atoms with Gasteiger partial charge < -0.3 is 4.90 Å². The first kappa shape index (κ1) is 25.3. The van der Waals surface area contributed by atoms with Gasteiger partial charge in [-0.05, 0) is 99.4 Å². The Morgan fingerprint density at radius 1 is 0.477 bits per heavy atom. The third-order valence-electron chi connectivity index (χ3n) is 9.03. The molecule has 9 aromatic rings. The molecule has 1 aromatic heterocycles. The van der Waals surface area contributed by atoms with Gasteiger partial charge in [0.05, 0.1) is 5.69 Å². The quantitative estimate of drug-likeness (QED) is 0.187. The first-order chi connectivity index (χ1) is 21.6. The second-order valence-electron chi connectivity index (χ2n) is 12.0. The number of rotatable bonds is 4. The van der Waals surface area contributed by atoms with Crippen LogP contribution >= 0.6 is 11.3 Å². The van der Waals surface area contributed by atoms with Gasteiger partial charge in [-0.15, -0.1) is 11.3 Å². The maximum Gasteiger partial charge on any atom is 0.0540 e. The normalized spacial score (nSPS) is 11.9. The highest BCUT2D eigenvalue weighted by atomic mass is 32.1. The van der Waals surface area contributed by atoms with Crippen LogP contribution in [0.3, 0.4) is 0 Å². The van der Waals surface area contributed by atoms with Crippen molar-refractivity contribution in [3.05, 3.63) is 151 Å². The van der Waals surface area contributed by atoms with Crippen molar-refractivity contribution in [3.8, 4) is 11.1 Å². The predicted octanol–water partition coefficient (Wildman–Crippen LogP) is 12.7. The van der Waals surface area contributed by atoms with Gasteiger partial charge in [0, 0.05) is 36.9 Å². The summed E-state index contributed by atoms with van der Waals surface area (Å²) in [4.78, 5) is 2.46. The molecule has 0 saturated carbocycles. The molecule has 8 aromatic carbocycles. The number of aryl methyl sites for hydroxylation is 2. The van der Waals surface area contributed by atoms with Crippen molar-refractivity contribution in [1.82, 2.24) is 0 Å². The molecule has 0 atom stereocenters. The van der Waals surface area contributed by atoms with E-state index in [4.69, 9.17) is 0 Å². The van der Waals surface area contributed by atoms with E-state index in [1.807, 2.05) is 11.3 Å². The molecule has 1 nitrogen and oxygen atoms in total. The minimum atomic E-state index is 1.15. The fourth-order valence-electron chi connectivity index (χ4n) is 7.21. The fraction of sp³-hybridized carbons (Fsp3) is 0.0476. The van der Waals surface area contributed by atoms with E-state index in [9.17, 15) is 0 Å². The largest absolute Gasteiger partial charge is 0.310 e. The Bertz CT molecular complexity index is 2500. The predicted molar refractivity (Wildman–Crippen MR) is 193 cm³/mol. The van der Waals surface area contributed by atoms with Crippen molar-refractivity contribution in [2.75, 3.05) is 4.90 Å². The SMILES string of the molecule is Cc1cc(C)cc(N(c2cccc(-c3cccc4c3sc3ccccc34)c2)c2ccc3ccc4cccc5ccc2c3c45)c1. The van der Waals surface area contributed by atoms with Gasteiger partial charge in [0.25, 0.3) is 0 Å². The van der Waals surface area contributed by atoms with E-state index in [1.165, 1.54) is 86.1 Å². The van der Waals surface area contributed by atoms with Crippen LogP contribution in [0.15, 0.2) is 140 Å². The van der Waals surface area contributed by atoms with Crippen molar-refractivity contribution < 1.29 is 0 Å². The summed E-state index contributed by atoms with van der Waals surface area (Å²) < 4.78 is 2.67. The smallest absolute Gasteiger partial charge is 0.0540 e. The number of hydrogen-bond donors (Lipinski definition) is 0. The lowest BCUT2D eigenvalue weighted by Gasteiger charge is -2.29. The third kappa shape index (κ3) is 3.85. The molecule has 0 fully saturated rings. The van der Waals surface area contributed by atoms with Gasteiger partial charge in [0.2, 0.25) is 0 Å². The molecule has 0 saturated heterocycles. The summed E-state index contributed by atoms with van der Waals surface area (Å²) >= 11 is 1.89. The van der Waals surface area contributed by atoms with Gasteiger partial charge in [-0.25, -0.2) is 0 Å². The van der Waals surface area contributed by atoms with Gasteiger partial charge in [-0.3, -0.25) is 0 Å². The van der Waals surface area contributed by atoms with E-state index in [0.717, 1.165) is 5.69 Å². The average Bonchev–Trinajstić information content (AvgIpc) is 3.43. The summed E-state index contributed by atoms with van der Waals surface area (Å²) in [7, 11) is 0. The van der Waals surface area contributed by atoms with E-state index in [1.54, 1.807) is 0 Å². The molecule has 0 amide bonds. The zero-order chi connectivity index (χ0) is 29.4. The summed E-state index contributed by atoms with van der Waals surface area (Å²) in [6, 6.07) is 51.8. The van der Waals surface area contributed by atoms with Crippen LogP contribution in [0.4, 0.5) is 17.1 Å². The number of anilines is 3. The summed E-state index contributed by atoms with van der Waals surface area (Å²) in [6.45, 7) is 4.38. The second kappa shape index (κ2) is 9.67. The minimum Gasteiger partial charge on any atom is -0.310 e. The van der Waals surface area contributed by atoms with Gasteiger partial charge in [0.1, 0.15) is 0 Å². The molecule has 9 rings (SSSR count). The topological polar surface area (TPSA) is 3.24 Å². The lowest BCUT2D eigenvalue weighted by atomic mass is 9.93. The first-order valence-corrected chi connectivity index (χ1v) is 16.0. The zero-order valence-corrected chi connectivity index (χ0v) is 25.5. The third-order valence-corrected chi connectivity index (χ3v) is 10.3. The number of nitrogens with zero attached hydrogens (tertiary/aromatic N) is 1. The molecule has 0 aliphatic carbocycles. The summed E-state index contributed by atoms with van der Waals surface area (Å²) in [5, 5.41) is 10.4. The van der Waals surface area contributed by atoms with Crippen molar-refractivity contribution >= 4 is 80.9 Å². The van der Waals surface area contributed by atoms with Crippen LogP contribution in [0, 0.1) is 13.8 Å².